The molecule has 0 atom stereocenters. The first-order valence-corrected chi connectivity index (χ1v) is 2.00. The average Bonchev–Trinajstić information content (AvgIpc) is 0.722. The first-order valence-electron chi connectivity index (χ1n) is 0.667. The van der Waals surface area contributed by atoms with Crippen LogP contribution in [-0.2, 0) is 10.4 Å². The van der Waals surface area contributed by atoms with Gasteiger partial charge >= 0.3 is 82.4 Å². The van der Waals surface area contributed by atoms with Gasteiger partial charge in [-0.05, 0) is 0 Å². The van der Waals surface area contributed by atoms with Gasteiger partial charge < -0.3 is 9.11 Å². The fourth-order valence-corrected chi connectivity index (χ4v) is 0. The number of hydrogen-bond donors (Lipinski definition) is 0. The van der Waals surface area contributed by atoms with Gasteiger partial charge in [0.1, 0.15) is 0 Å². The molecule has 0 rings (SSSR count). The molecule has 0 unspecified atom stereocenters. The fraction of sp³-hybridized carbons (Fsp3) is 0. The van der Waals surface area contributed by atoms with E-state index in [1.807, 2.05) is 0 Å². The van der Waals surface area contributed by atoms with E-state index in [4.69, 9.17) is 17.5 Å². The van der Waals surface area contributed by atoms with E-state index >= 15 is 0 Å². The first kappa shape index (κ1) is 16.2. The summed E-state index contributed by atoms with van der Waals surface area (Å²) < 4.78 is 34.1. The molecule has 0 heterocycles. The molecule has 0 aliphatic rings. The zero-order valence-corrected chi connectivity index (χ0v) is 9.98. The van der Waals surface area contributed by atoms with E-state index in [1.165, 1.54) is 0 Å². The summed E-state index contributed by atoms with van der Waals surface area (Å²) in [4.78, 5) is 0. The Balaban J connectivity index is -0.0000000267. The van der Waals surface area contributed by atoms with Crippen LogP contribution in [0.4, 0.5) is 0 Å². The Morgan fingerprint density at radius 3 is 1.29 bits per heavy atom. The van der Waals surface area contributed by atoms with E-state index in [0.29, 0.717) is 0 Å². The minimum Gasteiger partial charge on any atom is -0.759 e. The Bertz CT molecular complexity index is 99.2. The van der Waals surface area contributed by atoms with Crippen molar-refractivity contribution in [3.8, 4) is 0 Å². The molecular weight excluding hydrogens is 158 g/mol. The maximum Gasteiger partial charge on any atom is 1.00 e. The van der Waals surface area contributed by atoms with Crippen molar-refractivity contribution in [2.24, 2.45) is 0 Å². The Morgan fingerprint density at radius 2 is 1.29 bits per heavy atom. The van der Waals surface area contributed by atoms with Gasteiger partial charge in [-0.15, -0.1) is 0 Å². The first-order chi connectivity index (χ1) is 2.00. The molecule has 7 heavy (non-hydrogen) atoms. The zero-order valence-electron chi connectivity index (χ0n) is 5.04. The standard InChI is InChI=1S/K.Na.H2O4S/c;;1-5(2,3)4/h;;(H2,1,2,3,4)/q2*+1;/p-1. The summed E-state index contributed by atoms with van der Waals surface area (Å²) in [5.41, 5.74) is 0. The second-order valence-corrected chi connectivity index (χ2v) is 1.22. The van der Waals surface area contributed by atoms with Crippen molar-refractivity contribution in [3.05, 3.63) is 0 Å². The van der Waals surface area contributed by atoms with Gasteiger partial charge in [0.15, 0.2) is 0 Å². The van der Waals surface area contributed by atoms with Crippen LogP contribution in [0.15, 0.2) is 0 Å². The third-order valence-corrected chi connectivity index (χ3v) is 0. The van der Waals surface area contributed by atoms with Crippen LogP contribution >= 0.6 is 0 Å². The summed E-state index contributed by atoms with van der Waals surface area (Å²) >= 11 is 0. The summed E-state index contributed by atoms with van der Waals surface area (Å²) in [5.74, 6) is 0. The second-order valence-electron chi connectivity index (χ2n) is 0.408. The van der Waals surface area contributed by atoms with E-state index in [1.54, 1.807) is 0 Å². The molecule has 0 aromatic heterocycles. The van der Waals surface area contributed by atoms with Gasteiger partial charge in [-0.2, -0.15) is 0 Å². The monoisotopic (exact) mass is 159 g/mol. The average molecular weight is 159 g/mol. The third-order valence-electron chi connectivity index (χ3n) is 0. The zero-order chi connectivity index (χ0) is 4.50. The molecule has 0 spiro atoms. The van der Waals surface area contributed by atoms with Crippen LogP contribution in [0.1, 0.15) is 1.43 Å². The molecule has 0 aliphatic heterocycles. The molecule has 0 aliphatic carbocycles. The topological polar surface area (TPSA) is 80.3 Å². The van der Waals surface area contributed by atoms with Crippen LogP contribution in [0.5, 0.6) is 0 Å². The van der Waals surface area contributed by atoms with E-state index in [9.17, 15) is 0 Å². The molecule has 7 heteroatoms. The molecule has 0 amide bonds. The van der Waals surface area contributed by atoms with Crippen LogP contribution in [-0.4, -0.2) is 17.5 Å². The fourth-order valence-electron chi connectivity index (χ4n) is 0. The van der Waals surface area contributed by atoms with Crippen LogP contribution in [0, 0.1) is 0 Å². The van der Waals surface area contributed by atoms with E-state index in [-0.39, 0.29) is 82.4 Å². The molecule has 0 aromatic carbocycles. The Kier molecular flexibility index (Phi) is 15.4. The van der Waals surface area contributed by atoms with E-state index < -0.39 is 10.4 Å². The number of hydrogen-bond acceptors (Lipinski definition) is 4. The molecule has 0 aromatic rings. The molecule has 0 bridgehead atoms. The summed E-state index contributed by atoms with van der Waals surface area (Å²) in [5, 5.41) is 0. The molecule has 32 valence electrons. The predicted molar refractivity (Wildman–Crippen MR) is 11.6 cm³/mol. The molecule has 0 saturated heterocycles. The normalized spacial score (nSPS) is 8.29. The minimum atomic E-state index is -5.17. The quantitative estimate of drug-likeness (QED) is 0.200. The van der Waals surface area contributed by atoms with Gasteiger partial charge in [0.2, 0.25) is 0 Å². The Labute approximate surface area is 108 Å². The van der Waals surface area contributed by atoms with Crippen molar-refractivity contribution in [3.63, 3.8) is 0 Å². The summed E-state index contributed by atoms with van der Waals surface area (Å²) in [7, 11) is -5.17. The van der Waals surface area contributed by atoms with Crippen molar-refractivity contribution in [1.82, 2.24) is 0 Å². The Hall–Kier alpha value is 2.51. The van der Waals surface area contributed by atoms with Gasteiger partial charge in [0, 0.05) is 10.4 Å². The van der Waals surface area contributed by atoms with Crippen molar-refractivity contribution in [1.29, 1.82) is 0 Å². The molecular formula is HKNaO4S+. The van der Waals surface area contributed by atoms with E-state index in [0.717, 1.165) is 0 Å². The van der Waals surface area contributed by atoms with Gasteiger partial charge in [-0.25, -0.2) is 0 Å². The molecule has 0 radical (unpaired) electrons. The summed E-state index contributed by atoms with van der Waals surface area (Å²) in [6.07, 6.45) is 0. The van der Waals surface area contributed by atoms with Crippen LogP contribution in [0.2, 0.25) is 0 Å². The van der Waals surface area contributed by atoms with Crippen LogP contribution in [0.3, 0.4) is 0 Å². The third kappa shape index (κ3) is 57.3. The minimum absolute atomic E-state index is 0. The number of rotatable bonds is 0. The molecule has 0 N–H and O–H groups in total. The largest absolute Gasteiger partial charge is 1.00 e. The van der Waals surface area contributed by atoms with Gasteiger partial charge in [0.25, 0.3) is 0 Å². The molecule has 0 fully saturated rings. The van der Waals surface area contributed by atoms with Crippen molar-refractivity contribution in [2.75, 3.05) is 0 Å². The molecule has 4 nitrogen and oxygen atoms in total. The van der Waals surface area contributed by atoms with Crippen molar-refractivity contribution >= 4 is 10.4 Å². The van der Waals surface area contributed by atoms with Crippen molar-refractivity contribution < 1.29 is 99.9 Å². The SMILES string of the molecule is O=S(=O)([O-])[O-].[H+].[K+].[Na+]. The summed E-state index contributed by atoms with van der Waals surface area (Å²) in [6, 6.07) is 0. The smallest absolute Gasteiger partial charge is 0.759 e. The van der Waals surface area contributed by atoms with Crippen molar-refractivity contribution in [2.45, 2.75) is 0 Å². The van der Waals surface area contributed by atoms with Gasteiger partial charge in [0.05, 0.1) is 0 Å². The van der Waals surface area contributed by atoms with E-state index in [2.05, 4.69) is 0 Å². The maximum absolute atomic E-state index is 8.52. The molecule has 0 saturated carbocycles. The predicted octanol–water partition coefficient (Wildman–Crippen LogP) is -7.22. The van der Waals surface area contributed by atoms with Crippen LogP contribution < -0.4 is 80.9 Å². The van der Waals surface area contributed by atoms with Crippen LogP contribution in [0.25, 0.3) is 0 Å². The maximum atomic E-state index is 8.52. The van der Waals surface area contributed by atoms with Gasteiger partial charge in [-0.1, -0.05) is 0 Å². The summed E-state index contributed by atoms with van der Waals surface area (Å²) in [6.45, 7) is 0. The second kappa shape index (κ2) is 6.62. The van der Waals surface area contributed by atoms with Gasteiger partial charge in [-0.3, -0.25) is 8.42 Å². The Morgan fingerprint density at radius 1 is 1.29 bits per heavy atom.